The summed E-state index contributed by atoms with van der Waals surface area (Å²) in [5.74, 6) is 0.0850. The maximum atomic E-state index is 11.3. The highest BCUT2D eigenvalue weighted by Crippen LogP contribution is 2.31. The fourth-order valence-electron chi connectivity index (χ4n) is 2.08. The Bertz CT molecular complexity index is 394. The van der Waals surface area contributed by atoms with E-state index in [-0.39, 0.29) is 0 Å². The molecule has 100 valence electrons. The molecular weight excluding hydrogens is 228 g/mol. The SMILES string of the molecule is CCC(CC)(CCOc1cccc(C)c1)C(=O)O. The summed E-state index contributed by atoms with van der Waals surface area (Å²) in [5, 5.41) is 9.31. The van der Waals surface area contributed by atoms with Gasteiger partial charge in [-0.15, -0.1) is 0 Å². The number of carboxylic acid groups (broad SMARTS) is 1. The second kappa shape index (κ2) is 6.43. The molecular formula is C15H22O3. The first-order valence-electron chi connectivity index (χ1n) is 6.47. The molecule has 0 heterocycles. The van der Waals surface area contributed by atoms with Gasteiger partial charge in [-0.05, 0) is 43.9 Å². The molecule has 0 aromatic heterocycles. The maximum absolute atomic E-state index is 11.3. The number of aryl methyl sites for hydroxylation is 1. The Labute approximate surface area is 109 Å². The molecule has 1 rings (SSSR count). The van der Waals surface area contributed by atoms with Crippen LogP contribution in [-0.4, -0.2) is 17.7 Å². The second-order valence-corrected chi connectivity index (χ2v) is 4.71. The van der Waals surface area contributed by atoms with Crippen LogP contribution in [0.15, 0.2) is 24.3 Å². The monoisotopic (exact) mass is 250 g/mol. The van der Waals surface area contributed by atoms with Crippen LogP contribution in [0.25, 0.3) is 0 Å². The Morgan fingerprint density at radius 2 is 2.00 bits per heavy atom. The molecule has 0 radical (unpaired) electrons. The van der Waals surface area contributed by atoms with E-state index in [9.17, 15) is 9.90 Å². The van der Waals surface area contributed by atoms with Crippen molar-refractivity contribution in [3.63, 3.8) is 0 Å². The molecule has 1 aromatic rings. The number of ether oxygens (including phenoxy) is 1. The van der Waals surface area contributed by atoms with Gasteiger partial charge in [0.15, 0.2) is 0 Å². The molecule has 0 aliphatic carbocycles. The normalized spacial score (nSPS) is 11.3. The highest BCUT2D eigenvalue weighted by molar-refractivity contribution is 5.74. The minimum absolute atomic E-state index is 0.442. The van der Waals surface area contributed by atoms with E-state index in [1.165, 1.54) is 0 Å². The zero-order valence-corrected chi connectivity index (χ0v) is 11.4. The van der Waals surface area contributed by atoms with Gasteiger partial charge in [0.25, 0.3) is 0 Å². The lowest BCUT2D eigenvalue weighted by atomic mass is 9.79. The molecule has 3 nitrogen and oxygen atoms in total. The summed E-state index contributed by atoms with van der Waals surface area (Å²) in [7, 11) is 0. The third-order valence-electron chi connectivity index (χ3n) is 3.65. The van der Waals surface area contributed by atoms with Crippen LogP contribution in [0, 0.1) is 12.3 Å². The summed E-state index contributed by atoms with van der Waals surface area (Å²) in [5.41, 5.74) is 0.493. The van der Waals surface area contributed by atoms with Crippen molar-refractivity contribution in [2.24, 2.45) is 5.41 Å². The van der Waals surface area contributed by atoms with Crippen LogP contribution in [-0.2, 0) is 4.79 Å². The summed E-state index contributed by atoms with van der Waals surface area (Å²) in [4.78, 5) is 11.3. The molecule has 18 heavy (non-hydrogen) atoms. The van der Waals surface area contributed by atoms with Crippen LogP contribution in [0.5, 0.6) is 5.75 Å². The van der Waals surface area contributed by atoms with Gasteiger partial charge in [0.1, 0.15) is 5.75 Å². The lowest BCUT2D eigenvalue weighted by Gasteiger charge is -2.26. The summed E-state index contributed by atoms with van der Waals surface area (Å²) >= 11 is 0. The first kappa shape index (κ1) is 14.6. The van der Waals surface area contributed by atoms with E-state index in [0.717, 1.165) is 11.3 Å². The fourth-order valence-corrected chi connectivity index (χ4v) is 2.08. The van der Waals surface area contributed by atoms with Crippen molar-refractivity contribution in [3.8, 4) is 5.75 Å². The predicted molar refractivity (Wildman–Crippen MR) is 71.9 cm³/mol. The van der Waals surface area contributed by atoms with E-state index in [4.69, 9.17) is 4.74 Å². The average molecular weight is 250 g/mol. The third-order valence-corrected chi connectivity index (χ3v) is 3.65. The van der Waals surface area contributed by atoms with Crippen LogP contribution in [0.2, 0.25) is 0 Å². The topological polar surface area (TPSA) is 46.5 Å². The fraction of sp³-hybridized carbons (Fsp3) is 0.533. The molecule has 3 heteroatoms. The van der Waals surface area contributed by atoms with Crippen LogP contribution in [0.1, 0.15) is 38.7 Å². The largest absolute Gasteiger partial charge is 0.494 e. The van der Waals surface area contributed by atoms with Crippen molar-refractivity contribution in [1.29, 1.82) is 0 Å². The van der Waals surface area contributed by atoms with Crippen LogP contribution >= 0.6 is 0 Å². The van der Waals surface area contributed by atoms with Crippen molar-refractivity contribution in [2.75, 3.05) is 6.61 Å². The Morgan fingerprint density at radius 3 is 2.50 bits per heavy atom. The summed E-state index contributed by atoms with van der Waals surface area (Å²) in [6.45, 7) is 6.29. The summed E-state index contributed by atoms with van der Waals surface area (Å²) in [6.07, 6.45) is 1.81. The summed E-state index contributed by atoms with van der Waals surface area (Å²) < 4.78 is 5.63. The van der Waals surface area contributed by atoms with Crippen LogP contribution < -0.4 is 4.74 Å². The molecule has 0 amide bonds. The van der Waals surface area contributed by atoms with Gasteiger partial charge in [0, 0.05) is 0 Å². The van der Waals surface area contributed by atoms with Gasteiger partial charge in [-0.25, -0.2) is 0 Å². The number of carboxylic acids is 1. The maximum Gasteiger partial charge on any atom is 0.309 e. The van der Waals surface area contributed by atoms with E-state index >= 15 is 0 Å². The molecule has 1 N–H and O–H groups in total. The minimum Gasteiger partial charge on any atom is -0.494 e. The number of hydrogen-bond acceptors (Lipinski definition) is 2. The van der Waals surface area contributed by atoms with E-state index in [1.54, 1.807) is 0 Å². The Kier molecular flexibility index (Phi) is 5.20. The first-order chi connectivity index (χ1) is 8.54. The zero-order valence-electron chi connectivity index (χ0n) is 11.4. The lowest BCUT2D eigenvalue weighted by Crippen LogP contribution is -2.31. The molecule has 0 aliphatic rings. The Balaban J connectivity index is 2.57. The molecule has 0 fully saturated rings. The van der Waals surface area contributed by atoms with Gasteiger partial charge in [-0.2, -0.15) is 0 Å². The quantitative estimate of drug-likeness (QED) is 0.803. The number of benzene rings is 1. The van der Waals surface area contributed by atoms with Gasteiger partial charge in [-0.3, -0.25) is 4.79 Å². The standard InChI is InChI=1S/C15H22O3/c1-4-15(5-2,14(16)17)9-10-18-13-8-6-7-12(3)11-13/h6-8,11H,4-5,9-10H2,1-3H3,(H,16,17). The van der Waals surface area contributed by atoms with Gasteiger partial charge in [0.2, 0.25) is 0 Å². The van der Waals surface area contributed by atoms with E-state index < -0.39 is 11.4 Å². The molecule has 0 aliphatic heterocycles. The average Bonchev–Trinajstić information content (AvgIpc) is 2.35. The predicted octanol–water partition coefficient (Wildman–Crippen LogP) is 3.65. The van der Waals surface area contributed by atoms with Crippen molar-refractivity contribution in [2.45, 2.75) is 40.0 Å². The van der Waals surface area contributed by atoms with E-state index in [0.29, 0.717) is 25.9 Å². The van der Waals surface area contributed by atoms with E-state index in [2.05, 4.69) is 0 Å². The van der Waals surface area contributed by atoms with Crippen LogP contribution in [0.4, 0.5) is 0 Å². The molecule has 0 saturated heterocycles. The highest BCUT2D eigenvalue weighted by Gasteiger charge is 2.34. The summed E-state index contributed by atoms with van der Waals surface area (Å²) in [6, 6.07) is 7.80. The zero-order chi connectivity index (χ0) is 13.6. The van der Waals surface area contributed by atoms with Crippen molar-refractivity contribution < 1.29 is 14.6 Å². The Morgan fingerprint density at radius 1 is 1.33 bits per heavy atom. The van der Waals surface area contributed by atoms with Gasteiger partial charge in [-0.1, -0.05) is 26.0 Å². The molecule has 1 aromatic carbocycles. The first-order valence-corrected chi connectivity index (χ1v) is 6.47. The number of rotatable bonds is 7. The number of hydrogen-bond donors (Lipinski definition) is 1. The van der Waals surface area contributed by atoms with Gasteiger partial charge in [0.05, 0.1) is 12.0 Å². The second-order valence-electron chi connectivity index (χ2n) is 4.71. The lowest BCUT2D eigenvalue weighted by molar-refractivity contribution is -0.150. The molecule has 0 unspecified atom stereocenters. The molecule has 0 atom stereocenters. The van der Waals surface area contributed by atoms with Gasteiger partial charge < -0.3 is 9.84 Å². The van der Waals surface area contributed by atoms with Crippen molar-refractivity contribution in [3.05, 3.63) is 29.8 Å². The molecule has 0 saturated carbocycles. The smallest absolute Gasteiger partial charge is 0.309 e. The highest BCUT2D eigenvalue weighted by atomic mass is 16.5. The number of carbonyl (C=O) groups is 1. The third kappa shape index (κ3) is 3.49. The van der Waals surface area contributed by atoms with Crippen molar-refractivity contribution >= 4 is 5.97 Å². The Hall–Kier alpha value is -1.51. The van der Waals surface area contributed by atoms with Gasteiger partial charge >= 0.3 is 5.97 Å². The van der Waals surface area contributed by atoms with E-state index in [1.807, 2.05) is 45.0 Å². The van der Waals surface area contributed by atoms with Crippen molar-refractivity contribution in [1.82, 2.24) is 0 Å². The van der Waals surface area contributed by atoms with Crippen LogP contribution in [0.3, 0.4) is 0 Å². The molecule has 0 spiro atoms. The molecule has 0 bridgehead atoms. The number of aliphatic carboxylic acids is 1. The minimum atomic E-state index is -0.722.